The van der Waals surface area contributed by atoms with Crippen molar-refractivity contribution in [1.82, 2.24) is 10.2 Å². The summed E-state index contributed by atoms with van der Waals surface area (Å²) < 4.78 is 0. The number of imide groups is 1. The molecule has 21 heavy (non-hydrogen) atoms. The number of benzene rings is 1. The molecule has 1 aromatic carbocycles. The average Bonchev–Trinajstić information content (AvgIpc) is 2.45. The van der Waals surface area contributed by atoms with Crippen LogP contribution >= 0.6 is 0 Å². The van der Waals surface area contributed by atoms with Gasteiger partial charge in [-0.1, -0.05) is 12.1 Å². The van der Waals surface area contributed by atoms with Crippen LogP contribution in [0, 0.1) is 11.3 Å². The van der Waals surface area contributed by atoms with Crippen molar-refractivity contribution in [2.24, 2.45) is 0 Å². The van der Waals surface area contributed by atoms with Gasteiger partial charge in [-0.2, -0.15) is 5.26 Å². The number of nitriles is 1. The summed E-state index contributed by atoms with van der Waals surface area (Å²) >= 11 is 0. The number of carbonyl (C=O) groups is 3. The van der Waals surface area contributed by atoms with Gasteiger partial charge in [0.05, 0.1) is 11.6 Å². The molecule has 0 bridgehead atoms. The van der Waals surface area contributed by atoms with Gasteiger partial charge in [0.1, 0.15) is 0 Å². The maximum atomic E-state index is 11.7. The highest BCUT2D eigenvalue weighted by Gasteiger charge is 2.11. The van der Waals surface area contributed by atoms with Crippen LogP contribution in [-0.4, -0.2) is 35.0 Å². The van der Waals surface area contributed by atoms with E-state index in [1.54, 1.807) is 24.3 Å². The Morgan fingerprint density at radius 2 is 2.10 bits per heavy atom. The Morgan fingerprint density at radius 3 is 2.71 bits per heavy atom. The molecule has 0 fully saturated rings. The molecule has 7 nitrogen and oxygen atoms in total. The largest absolute Gasteiger partial charge is 0.478 e. The lowest BCUT2D eigenvalue weighted by Crippen LogP contribution is -2.39. The molecule has 0 heterocycles. The first-order chi connectivity index (χ1) is 9.92. The molecule has 0 unspecified atom stereocenters. The zero-order chi connectivity index (χ0) is 15.8. The second-order valence-electron chi connectivity index (χ2n) is 4.13. The van der Waals surface area contributed by atoms with E-state index in [1.807, 2.05) is 11.4 Å². The third-order valence-corrected chi connectivity index (χ3v) is 2.43. The number of carboxylic acid groups (broad SMARTS) is 1. The van der Waals surface area contributed by atoms with Crippen LogP contribution in [0.3, 0.4) is 0 Å². The van der Waals surface area contributed by atoms with Gasteiger partial charge >= 0.3 is 12.0 Å². The van der Waals surface area contributed by atoms with Crippen molar-refractivity contribution in [3.63, 3.8) is 0 Å². The van der Waals surface area contributed by atoms with Crippen LogP contribution in [0.1, 0.15) is 11.1 Å². The molecule has 1 rings (SSSR count). The van der Waals surface area contributed by atoms with Crippen LogP contribution in [0.4, 0.5) is 4.79 Å². The minimum absolute atomic E-state index is 0.206. The minimum atomic E-state index is -1.28. The van der Waals surface area contributed by atoms with Crippen LogP contribution in [0.5, 0.6) is 0 Å². The van der Waals surface area contributed by atoms with Crippen molar-refractivity contribution in [3.8, 4) is 6.07 Å². The number of rotatable bonds is 4. The molecule has 0 radical (unpaired) electrons. The summed E-state index contributed by atoms with van der Waals surface area (Å²) in [7, 11) is 1.47. The van der Waals surface area contributed by atoms with Crippen LogP contribution in [0.15, 0.2) is 36.4 Å². The van der Waals surface area contributed by atoms with Crippen molar-refractivity contribution in [3.05, 3.63) is 47.5 Å². The van der Waals surface area contributed by atoms with Gasteiger partial charge in [0.25, 0.3) is 5.91 Å². The Balaban J connectivity index is 2.60. The maximum Gasteiger partial charge on any atom is 0.328 e. The van der Waals surface area contributed by atoms with Gasteiger partial charge in [-0.25, -0.2) is 9.59 Å². The Morgan fingerprint density at radius 1 is 1.38 bits per heavy atom. The fourth-order valence-corrected chi connectivity index (χ4v) is 1.47. The van der Waals surface area contributed by atoms with Crippen molar-refractivity contribution >= 4 is 17.9 Å². The first kappa shape index (κ1) is 15.9. The van der Waals surface area contributed by atoms with Gasteiger partial charge in [0, 0.05) is 25.7 Å². The highest BCUT2D eigenvalue weighted by atomic mass is 16.4. The number of amides is 3. The molecule has 3 amide bonds. The molecule has 7 heteroatoms. The zero-order valence-electron chi connectivity index (χ0n) is 11.2. The van der Waals surface area contributed by atoms with Gasteiger partial charge < -0.3 is 10.0 Å². The van der Waals surface area contributed by atoms with E-state index >= 15 is 0 Å². The molecule has 2 N–H and O–H groups in total. The molecule has 0 aliphatic rings. The van der Waals surface area contributed by atoms with E-state index < -0.39 is 17.9 Å². The summed E-state index contributed by atoms with van der Waals surface area (Å²) in [6.45, 7) is 0.206. The SMILES string of the molecule is CN(Cc1cccc(C#N)c1)C(=O)NC(=O)C=CC(=O)O. The van der Waals surface area contributed by atoms with E-state index in [4.69, 9.17) is 10.4 Å². The molecule has 1 aromatic rings. The van der Waals surface area contributed by atoms with Crippen LogP contribution in [0.2, 0.25) is 0 Å². The monoisotopic (exact) mass is 287 g/mol. The molecule has 0 spiro atoms. The molecule has 0 saturated heterocycles. The van der Waals surface area contributed by atoms with E-state index in [0.29, 0.717) is 11.6 Å². The minimum Gasteiger partial charge on any atom is -0.478 e. The first-order valence-electron chi connectivity index (χ1n) is 5.88. The molecular weight excluding hydrogens is 274 g/mol. The predicted molar refractivity (Wildman–Crippen MR) is 72.9 cm³/mol. The molecule has 108 valence electrons. The van der Waals surface area contributed by atoms with Crippen LogP contribution in [0.25, 0.3) is 0 Å². The molecule has 0 aliphatic heterocycles. The molecule has 0 saturated carbocycles. The van der Waals surface area contributed by atoms with Crippen molar-refractivity contribution < 1.29 is 19.5 Å². The third kappa shape index (κ3) is 5.57. The van der Waals surface area contributed by atoms with Crippen LogP contribution < -0.4 is 5.32 Å². The van der Waals surface area contributed by atoms with Gasteiger partial charge in [-0.15, -0.1) is 0 Å². The number of nitrogens with zero attached hydrogens (tertiary/aromatic N) is 2. The standard InChI is InChI=1S/C14H13N3O4/c1-17(9-11-4-2-3-10(7-11)8-15)14(21)16-12(18)5-6-13(19)20/h2-7H,9H2,1H3,(H,19,20)(H,16,18,21). The van der Waals surface area contributed by atoms with E-state index in [9.17, 15) is 14.4 Å². The lowest BCUT2D eigenvalue weighted by molar-refractivity contribution is -0.131. The first-order valence-corrected chi connectivity index (χ1v) is 5.88. The maximum absolute atomic E-state index is 11.7. The highest BCUT2D eigenvalue weighted by molar-refractivity contribution is 6.02. The number of hydrogen-bond donors (Lipinski definition) is 2. The average molecular weight is 287 g/mol. The van der Waals surface area contributed by atoms with Crippen molar-refractivity contribution in [2.75, 3.05) is 7.05 Å². The number of urea groups is 1. The van der Waals surface area contributed by atoms with Crippen LogP contribution in [-0.2, 0) is 16.1 Å². The fraction of sp³-hybridized carbons (Fsp3) is 0.143. The summed E-state index contributed by atoms with van der Waals surface area (Å²) in [6.07, 6.45) is 1.39. The Bertz CT molecular complexity index is 631. The highest BCUT2D eigenvalue weighted by Crippen LogP contribution is 2.06. The lowest BCUT2D eigenvalue weighted by atomic mass is 10.1. The summed E-state index contributed by atoms with van der Waals surface area (Å²) in [5.74, 6) is -2.10. The molecule has 0 aliphatic carbocycles. The smallest absolute Gasteiger partial charge is 0.328 e. The van der Waals surface area contributed by atoms with E-state index in [0.717, 1.165) is 11.6 Å². The van der Waals surface area contributed by atoms with Gasteiger partial charge in [-0.05, 0) is 17.7 Å². The summed E-state index contributed by atoms with van der Waals surface area (Å²) in [5.41, 5.74) is 1.21. The van der Waals surface area contributed by atoms with Gasteiger partial charge in [0.15, 0.2) is 0 Å². The quantitative estimate of drug-likeness (QED) is 0.798. The van der Waals surface area contributed by atoms with E-state index in [2.05, 4.69) is 0 Å². The molecule has 0 aromatic heterocycles. The van der Waals surface area contributed by atoms with E-state index in [-0.39, 0.29) is 6.54 Å². The van der Waals surface area contributed by atoms with Gasteiger partial charge in [0.2, 0.25) is 0 Å². The number of aliphatic carboxylic acids is 1. The summed E-state index contributed by atoms with van der Waals surface area (Å²) in [5, 5.41) is 19.2. The number of carboxylic acids is 1. The number of hydrogen-bond acceptors (Lipinski definition) is 4. The number of nitrogens with one attached hydrogen (secondary N) is 1. The number of carbonyl (C=O) groups excluding carboxylic acids is 2. The predicted octanol–water partition coefficient (Wildman–Crippen LogP) is 0.867. The second kappa shape index (κ2) is 7.45. The zero-order valence-corrected chi connectivity index (χ0v) is 11.2. The molecule has 0 atom stereocenters. The third-order valence-electron chi connectivity index (χ3n) is 2.43. The molecular formula is C14H13N3O4. The Kier molecular flexibility index (Phi) is 5.65. The summed E-state index contributed by atoms with van der Waals surface area (Å²) in [6, 6.07) is 8.04. The van der Waals surface area contributed by atoms with Crippen molar-refractivity contribution in [1.29, 1.82) is 5.26 Å². The van der Waals surface area contributed by atoms with E-state index in [1.165, 1.54) is 11.9 Å². The van der Waals surface area contributed by atoms with Gasteiger partial charge in [-0.3, -0.25) is 10.1 Å². The Hall–Kier alpha value is -3.14. The van der Waals surface area contributed by atoms with Crippen molar-refractivity contribution in [2.45, 2.75) is 6.54 Å². The fourth-order valence-electron chi connectivity index (χ4n) is 1.47. The lowest BCUT2D eigenvalue weighted by Gasteiger charge is -2.17. The normalized spacial score (nSPS) is 9.90. The topological polar surface area (TPSA) is 111 Å². The second-order valence-corrected chi connectivity index (χ2v) is 4.13. The Labute approximate surface area is 121 Å². The summed E-state index contributed by atoms with van der Waals surface area (Å²) in [4.78, 5) is 34.4.